The number of ether oxygens (including phenoxy) is 2. The molecule has 0 rings (SSSR count). The Hall–Kier alpha value is -1.06. The van der Waals surface area contributed by atoms with Crippen molar-refractivity contribution >= 4 is 11.9 Å². The zero-order valence-corrected chi connectivity index (χ0v) is 9.91. The van der Waals surface area contributed by atoms with Gasteiger partial charge in [-0.25, -0.2) is 0 Å². The Balaban J connectivity index is 3.96. The number of hydrogen-bond donors (Lipinski definition) is 0. The van der Waals surface area contributed by atoms with Crippen LogP contribution in [0.4, 0.5) is 0 Å². The molecule has 15 heavy (non-hydrogen) atoms. The van der Waals surface area contributed by atoms with E-state index in [2.05, 4.69) is 4.74 Å². The molecule has 0 aromatic carbocycles. The first-order valence-corrected chi connectivity index (χ1v) is 5.36. The lowest BCUT2D eigenvalue weighted by Crippen LogP contribution is -2.24. The van der Waals surface area contributed by atoms with Gasteiger partial charge in [0.15, 0.2) is 0 Å². The highest BCUT2D eigenvalue weighted by Gasteiger charge is 2.18. The second-order valence-corrected chi connectivity index (χ2v) is 3.66. The zero-order valence-electron chi connectivity index (χ0n) is 9.91. The molecule has 1 atom stereocenters. The van der Waals surface area contributed by atoms with Gasteiger partial charge in [-0.2, -0.15) is 0 Å². The number of rotatable bonds is 6. The van der Waals surface area contributed by atoms with Gasteiger partial charge in [-0.15, -0.1) is 0 Å². The lowest BCUT2D eigenvalue weighted by molar-refractivity contribution is -0.159. The van der Waals surface area contributed by atoms with Gasteiger partial charge in [0, 0.05) is 0 Å². The molecule has 0 amide bonds. The van der Waals surface area contributed by atoms with E-state index >= 15 is 0 Å². The Morgan fingerprint density at radius 1 is 1.13 bits per heavy atom. The fourth-order valence-corrected chi connectivity index (χ4v) is 1.23. The molecule has 4 nitrogen and oxygen atoms in total. The van der Waals surface area contributed by atoms with E-state index in [1.807, 2.05) is 20.8 Å². The van der Waals surface area contributed by atoms with Crippen LogP contribution in [0, 0.1) is 5.92 Å². The van der Waals surface area contributed by atoms with Crippen LogP contribution in [0.25, 0.3) is 0 Å². The largest absolute Gasteiger partial charge is 0.466 e. The fourth-order valence-electron chi connectivity index (χ4n) is 1.23. The summed E-state index contributed by atoms with van der Waals surface area (Å²) in [6.07, 6.45) is 0.343. The summed E-state index contributed by atoms with van der Waals surface area (Å²) in [5.41, 5.74) is 0. The minimum Gasteiger partial charge on any atom is -0.466 e. The van der Waals surface area contributed by atoms with Crippen molar-refractivity contribution in [1.82, 2.24) is 0 Å². The predicted molar refractivity (Wildman–Crippen MR) is 56.3 cm³/mol. The highest BCUT2D eigenvalue weighted by atomic mass is 16.6. The normalized spacial score (nSPS) is 12.3. The summed E-state index contributed by atoms with van der Waals surface area (Å²) in [5, 5.41) is 0. The standard InChI is InChI=1S/C11H20O4/c1-5-9(8(3)4)15-11(13)7-10(12)14-6-2/h8-9H,5-7H2,1-4H3. The topological polar surface area (TPSA) is 52.6 Å². The lowest BCUT2D eigenvalue weighted by Gasteiger charge is -2.19. The average molecular weight is 216 g/mol. The van der Waals surface area contributed by atoms with Crippen LogP contribution in [0.15, 0.2) is 0 Å². The van der Waals surface area contributed by atoms with Crippen molar-refractivity contribution in [3.05, 3.63) is 0 Å². The molecule has 0 N–H and O–H groups in total. The summed E-state index contributed by atoms with van der Waals surface area (Å²) < 4.78 is 9.79. The van der Waals surface area contributed by atoms with Gasteiger partial charge < -0.3 is 9.47 Å². The summed E-state index contributed by atoms with van der Waals surface area (Å²) in [6, 6.07) is 0. The van der Waals surface area contributed by atoms with Crippen molar-refractivity contribution in [2.75, 3.05) is 6.61 Å². The molecular weight excluding hydrogens is 196 g/mol. The van der Waals surface area contributed by atoms with Crippen LogP contribution >= 0.6 is 0 Å². The molecule has 0 bridgehead atoms. The summed E-state index contributed by atoms with van der Waals surface area (Å²) in [5.74, 6) is -0.767. The van der Waals surface area contributed by atoms with Crippen molar-refractivity contribution in [3.63, 3.8) is 0 Å². The van der Waals surface area contributed by atoms with E-state index in [0.717, 1.165) is 6.42 Å². The Morgan fingerprint density at radius 3 is 2.13 bits per heavy atom. The molecular formula is C11H20O4. The lowest BCUT2D eigenvalue weighted by atomic mass is 10.1. The monoisotopic (exact) mass is 216 g/mol. The molecule has 88 valence electrons. The first kappa shape index (κ1) is 13.9. The minimum atomic E-state index is -0.527. The summed E-state index contributed by atoms with van der Waals surface area (Å²) >= 11 is 0. The summed E-state index contributed by atoms with van der Waals surface area (Å²) in [7, 11) is 0. The van der Waals surface area contributed by atoms with Crippen LogP contribution in [0.1, 0.15) is 40.5 Å². The van der Waals surface area contributed by atoms with Crippen molar-refractivity contribution in [3.8, 4) is 0 Å². The molecule has 4 heteroatoms. The van der Waals surface area contributed by atoms with Crippen LogP contribution in [-0.2, 0) is 19.1 Å². The van der Waals surface area contributed by atoms with E-state index in [4.69, 9.17) is 4.74 Å². The molecule has 1 unspecified atom stereocenters. The second-order valence-electron chi connectivity index (χ2n) is 3.66. The average Bonchev–Trinajstić information content (AvgIpc) is 2.13. The van der Waals surface area contributed by atoms with Crippen molar-refractivity contribution in [1.29, 1.82) is 0 Å². The van der Waals surface area contributed by atoms with Gasteiger partial charge in [-0.3, -0.25) is 9.59 Å². The van der Waals surface area contributed by atoms with Crippen molar-refractivity contribution in [2.45, 2.75) is 46.6 Å². The second kappa shape index (κ2) is 7.26. The highest BCUT2D eigenvalue weighted by Crippen LogP contribution is 2.11. The first-order chi connectivity index (χ1) is 7.01. The molecule has 0 saturated carbocycles. The molecule has 0 heterocycles. The Kier molecular flexibility index (Phi) is 6.75. The van der Waals surface area contributed by atoms with Gasteiger partial charge in [0.1, 0.15) is 12.5 Å². The Bertz CT molecular complexity index is 211. The number of carbonyl (C=O) groups is 2. The van der Waals surface area contributed by atoms with E-state index in [9.17, 15) is 9.59 Å². The van der Waals surface area contributed by atoms with E-state index < -0.39 is 11.9 Å². The van der Waals surface area contributed by atoms with Crippen LogP contribution < -0.4 is 0 Å². The van der Waals surface area contributed by atoms with Gasteiger partial charge in [-0.05, 0) is 19.3 Å². The van der Waals surface area contributed by atoms with E-state index in [0.29, 0.717) is 0 Å². The van der Waals surface area contributed by atoms with E-state index in [1.54, 1.807) is 6.92 Å². The molecule has 0 aliphatic heterocycles. The van der Waals surface area contributed by atoms with Crippen molar-refractivity contribution < 1.29 is 19.1 Å². The highest BCUT2D eigenvalue weighted by molar-refractivity contribution is 5.91. The van der Waals surface area contributed by atoms with Crippen molar-refractivity contribution in [2.24, 2.45) is 5.92 Å². The van der Waals surface area contributed by atoms with Gasteiger partial charge in [0.2, 0.25) is 0 Å². The molecule has 0 fully saturated rings. The third kappa shape index (κ3) is 6.10. The molecule has 0 aromatic heterocycles. The molecule has 0 aliphatic carbocycles. The fraction of sp³-hybridized carbons (Fsp3) is 0.818. The number of esters is 2. The summed E-state index contributed by atoms with van der Waals surface area (Å²) in [6.45, 7) is 7.89. The van der Waals surface area contributed by atoms with Crippen LogP contribution in [0.2, 0.25) is 0 Å². The van der Waals surface area contributed by atoms with Crippen LogP contribution in [0.5, 0.6) is 0 Å². The maximum atomic E-state index is 11.3. The van der Waals surface area contributed by atoms with E-state index in [1.165, 1.54) is 0 Å². The molecule has 0 aromatic rings. The minimum absolute atomic E-state index is 0.119. The maximum absolute atomic E-state index is 11.3. The number of hydrogen-bond acceptors (Lipinski definition) is 4. The van der Waals surface area contributed by atoms with Crippen LogP contribution in [0.3, 0.4) is 0 Å². The Morgan fingerprint density at radius 2 is 1.73 bits per heavy atom. The SMILES string of the molecule is CCOC(=O)CC(=O)OC(CC)C(C)C. The van der Waals surface area contributed by atoms with E-state index in [-0.39, 0.29) is 25.0 Å². The maximum Gasteiger partial charge on any atom is 0.317 e. The van der Waals surface area contributed by atoms with Gasteiger partial charge >= 0.3 is 11.9 Å². The quantitative estimate of drug-likeness (QED) is 0.503. The smallest absolute Gasteiger partial charge is 0.317 e. The van der Waals surface area contributed by atoms with Gasteiger partial charge in [-0.1, -0.05) is 20.8 Å². The molecule has 0 spiro atoms. The molecule has 0 radical (unpaired) electrons. The predicted octanol–water partition coefficient (Wildman–Crippen LogP) is 1.92. The Labute approximate surface area is 90.9 Å². The molecule has 0 aliphatic rings. The third-order valence-electron chi connectivity index (χ3n) is 2.02. The van der Waals surface area contributed by atoms with Gasteiger partial charge in [0.25, 0.3) is 0 Å². The van der Waals surface area contributed by atoms with Gasteiger partial charge in [0.05, 0.1) is 6.61 Å². The molecule has 0 saturated heterocycles. The number of carbonyl (C=O) groups excluding carboxylic acids is 2. The third-order valence-corrected chi connectivity index (χ3v) is 2.02. The summed E-state index contributed by atoms with van der Waals surface area (Å²) in [4.78, 5) is 22.2. The van der Waals surface area contributed by atoms with Crippen LogP contribution in [-0.4, -0.2) is 24.6 Å². The first-order valence-electron chi connectivity index (χ1n) is 5.36. The zero-order chi connectivity index (χ0) is 11.8.